The average molecular weight is 284 g/mol. The molecule has 0 unspecified atom stereocenters. The minimum absolute atomic E-state index is 0.132. The predicted octanol–water partition coefficient (Wildman–Crippen LogP) is 1.32. The number of fused-ring (bicyclic) bond motifs is 4. The van der Waals surface area contributed by atoms with E-state index in [9.17, 15) is 4.79 Å². The molecule has 0 radical (unpaired) electrons. The summed E-state index contributed by atoms with van der Waals surface area (Å²) in [6.07, 6.45) is 4.70. The fourth-order valence-corrected chi connectivity index (χ4v) is 3.67. The van der Waals surface area contributed by atoms with Crippen molar-refractivity contribution in [2.24, 2.45) is 5.92 Å². The number of carbonyl (C=O) groups is 1. The van der Waals surface area contributed by atoms with Gasteiger partial charge in [0.1, 0.15) is 0 Å². The molecule has 3 aliphatic rings. The largest absolute Gasteiger partial charge is 0.352 e. The van der Waals surface area contributed by atoms with Gasteiger partial charge in [-0.05, 0) is 43.5 Å². The molecule has 1 atom stereocenters. The maximum atomic E-state index is 12.3. The summed E-state index contributed by atoms with van der Waals surface area (Å²) in [6, 6.07) is 6.37. The van der Waals surface area contributed by atoms with E-state index >= 15 is 0 Å². The van der Waals surface area contributed by atoms with Crippen LogP contribution in [0.5, 0.6) is 0 Å². The third-order valence-electron chi connectivity index (χ3n) is 4.87. The minimum atomic E-state index is 0.132. The maximum Gasteiger partial charge on any atom is 0.224 e. The van der Waals surface area contributed by atoms with Crippen molar-refractivity contribution in [1.82, 2.24) is 20.4 Å². The summed E-state index contributed by atoms with van der Waals surface area (Å²) in [7, 11) is 0. The van der Waals surface area contributed by atoms with Gasteiger partial charge >= 0.3 is 0 Å². The molecule has 3 aliphatic heterocycles. The van der Waals surface area contributed by atoms with Crippen molar-refractivity contribution < 1.29 is 4.79 Å². The average Bonchev–Trinajstić information content (AvgIpc) is 2.96. The first-order valence-electron chi connectivity index (χ1n) is 7.72. The molecule has 5 rings (SSSR count). The molecule has 1 aromatic heterocycles. The lowest BCUT2D eigenvalue weighted by Crippen LogP contribution is -2.57. The number of rotatable bonds is 3. The number of amides is 1. The Labute approximate surface area is 123 Å². The summed E-state index contributed by atoms with van der Waals surface area (Å²) in [5, 5.41) is 11.3. The van der Waals surface area contributed by atoms with Crippen molar-refractivity contribution in [2.45, 2.75) is 25.3 Å². The van der Waals surface area contributed by atoms with E-state index in [1.807, 2.05) is 18.2 Å². The molecule has 5 heteroatoms. The van der Waals surface area contributed by atoms with Gasteiger partial charge in [-0.3, -0.25) is 9.89 Å². The Bertz CT molecular complexity index is 657. The van der Waals surface area contributed by atoms with Gasteiger partial charge in [0, 0.05) is 18.0 Å². The van der Waals surface area contributed by atoms with Gasteiger partial charge in [0.25, 0.3) is 0 Å². The number of aromatic amines is 1. The first-order valence-corrected chi connectivity index (χ1v) is 7.72. The van der Waals surface area contributed by atoms with E-state index in [0.29, 0.717) is 18.4 Å². The number of piperidine rings is 3. The van der Waals surface area contributed by atoms with Gasteiger partial charge in [-0.15, -0.1) is 0 Å². The number of H-pyrrole nitrogens is 1. The van der Waals surface area contributed by atoms with Crippen molar-refractivity contribution in [1.29, 1.82) is 0 Å². The first-order chi connectivity index (χ1) is 10.3. The first kappa shape index (κ1) is 12.8. The predicted molar refractivity (Wildman–Crippen MR) is 80.9 cm³/mol. The Morgan fingerprint density at radius 2 is 2.24 bits per heavy atom. The topological polar surface area (TPSA) is 61.0 Å². The second kappa shape index (κ2) is 5.15. The van der Waals surface area contributed by atoms with Crippen LogP contribution in [0.25, 0.3) is 10.9 Å². The van der Waals surface area contributed by atoms with Crippen LogP contribution in [0, 0.1) is 5.92 Å². The fourth-order valence-electron chi connectivity index (χ4n) is 3.67. The van der Waals surface area contributed by atoms with Gasteiger partial charge in [0.2, 0.25) is 5.91 Å². The molecule has 3 fully saturated rings. The Morgan fingerprint density at radius 3 is 3.00 bits per heavy atom. The summed E-state index contributed by atoms with van der Waals surface area (Å²) >= 11 is 0. The number of nitrogens with one attached hydrogen (secondary N) is 2. The SMILES string of the molecule is O=C(Cc1ccc2cn[nH]c2c1)N[C@@H]1CN2CCC1CC2. The van der Waals surface area contributed by atoms with E-state index in [2.05, 4.69) is 20.4 Å². The molecule has 0 aliphatic carbocycles. The van der Waals surface area contributed by atoms with Crippen molar-refractivity contribution in [3.05, 3.63) is 30.0 Å². The maximum absolute atomic E-state index is 12.3. The molecular weight excluding hydrogens is 264 g/mol. The number of aromatic nitrogens is 2. The smallest absolute Gasteiger partial charge is 0.224 e. The van der Waals surface area contributed by atoms with Crippen LogP contribution in [0.3, 0.4) is 0 Å². The molecule has 1 amide bonds. The summed E-state index contributed by atoms with van der Waals surface area (Å²) in [4.78, 5) is 14.7. The lowest BCUT2D eigenvalue weighted by atomic mass is 9.84. The summed E-state index contributed by atoms with van der Waals surface area (Å²) in [6.45, 7) is 3.43. The molecule has 2 aromatic rings. The zero-order valence-corrected chi connectivity index (χ0v) is 12.0. The van der Waals surface area contributed by atoms with Crippen LogP contribution in [-0.2, 0) is 11.2 Å². The number of nitrogens with zero attached hydrogens (tertiary/aromatic N) is 2. The quantitative estimate of drug-likeness (QED) is 0.893. The fraction of sp³-hybridized carbons (Fsp3) is 0.500. The number of benzene rings is 1. The van der Waals surface area contributed by atoms with Gasteiger partial charge in [0.15, 0.2) is 0 Å². The standard InChI is InChI=1S/C16H20N4O/c21-16(18-15-10-20-5-3-12(15)4-6-20)8-11-1-2-13-9-17-19-14(13)7-11/h1-2,7,9,12,15H,3-6,8,10H2,(H,17,19)(H,18,21)/t15-/m1/s1. The molecule has 4 heterocycles. The molecule has 21 heavy (non-hydrogen) atoms. The van der Waals surface area contributed by atoms with Crippen molar-refractivity contribution in [3.63, 3.8) is 0 Å². The zero-order valence-electron chi connectivity index (χ0n) is 12.0. The molecule has 0 spiro atoms. The normalized spacial score (nSPS) is 27.9. The summed E-state index contributed by atoms with van der Waals surface area (Å²) < 4.78 is 0. The van der Waals surface area contributed by atoms with Crippen LogP contribution in [-0.4, -0.2) is 46.7 Å². The molecule has 5 nitrogen and oxygen atoms in total. The van der Waals surface area contributed by atoms with Crippen molar-refractivity contribution in [2.75, 3.05) is 19.6 Å². The summed E-state index contributed by atoms with van der Waals surface area (Å²) in [5.74, 6) is 0.807. The number of hydrogen-bond acceptors (Lipinski definition) is 3. The van der Waals surface area contributed by atoms with Crippen LogP contribution in [0.4, 0.5) is 0 Å². The van der Waals surface area contributed by atoms with E-state index < -0.39 is 0 Å². The van der Waals surface area contributed by atoms with Crippen molar-refractivity contribution in [3.8, 4) is 0 Å². The van der Waals surface area contributed by atoms with Crippen LogP contribution in [0.15, 0.2) is 24.4 Å². The number of carbonyl (C=O) groups excluding carboxylic acids is 1. The van der Waals surface area contributed by atoms with Gasteiger partial charge in [0.05, 0.1) is 18.1 Å². The van der Waals surface area contributed by atoms with E-state index in [4.69, 9.17) is 0 Å². The van der Waals surface area contributed by atoms with Crippen LogP contribution < -0.4 is 5.32 Å². The third kappa shape index (κ3) is 2.53. The molecule has 2 N–H and O–H groups in total. The van der Waals surface area contributed by atoms with Crippen LogP contribution >= 0.6 is 0 Å². The molecule has 110 valence electrons. The lowest BCUT2D eigenvalue weighted by molar-refractivity contribution is -0.122. The van der Waals surface area contributed by atoms with Gasteiger partial charge in [-0.1, -0.05) is 12.1 Å². The van der Waals surface area contributed by atoms with E-state index in [0.717, 1.165) is 23.0 Å². The van der Waals surface area contributed by atoms with E-state index in [-0.39, 0.29) is 5.91 Å². The zero-order chi connectivity index (χ0) is 14.2. The van der Waals surface area contributed by atoms with Crippen LogP contribution in [0.1, 0.15) is 18.4 Å². The van der Waals surface area contributed by atoms with Gasteiger partial charge < -0.3 is 10.2 Å². The monoisotopic (exact) mass is 284 g/mol. The second-order valence-electron chi connectivity index (χ2n) is 6.28. The Kier molecular flexibility index (Phi) is 3.15. The van der Waals surface area contributed by atoms with Gasteiger partial charge in [-0.2, -0.15) is 5.10 Å². The van der Waals surface area contributed by atoms with Crippen molar-refractivity contribution >= 4 is 16.8 Å². The number of hydrogen-bond donors (Lipinski definition) is 2. The minimum Gasteiger partial charge on any atom is -0.352 e. The third-order valence-corrected chi connectivity index (χ3v) is 4.87. The van der Waals surface area contributed by atoms with Crippen LogP contribution in [0.2, 0.25) is 0 Å². The molecule has 2 bridgehead atoms. The molecular formula is C16H20N4O. The van der Waals surface area contributed by atoms with E-state index in [1.54, 1.807) is 6.20 Å². The molecule has 0 saturated carbocycles. The van der Waals surface area contributed by atoms with Gasteiger partial charge in [-0.25, -0.2) is 0 Å². The highest BCUT2D eigenvalue weighted by Crippen LogP contribution is 2.27. The summed E-state index contributed by atoms with van der Waals surface area (Å²) in [5.41, 5.74) is 2.02. The highest BCUT2D eigenvalue weighted by Gasteiger charge is 2.34. The highest BCUT2D eigenvalue weighted by atomic mass is 16.1. The Balaban J connectivity index is 1.41. The Hall–Kier alpha value is -1.88. The Morgan fingerprint density at radius 1 is 1.38 bits per heavy atom. The highest BCUT2D eigenvalue weighted by molar-refractivity contribution is 5.82. The second-order valence-corrected chi connectivity index (χ2v) is 6.28. The van der Waals surface area contributed by atoms with E-state index in [1.165, 1.54) is 25.9 Å². The molecule has 3 saturated heterocycles. The molecule has 1 aromatic carbocycles. The lowest BCUT2D eigenvalue weighted by Gasteiger charge is -2.44.